The molecule has 1 aliphatic rings. The first kappa shape index (κ1) is 21.6. The Balaban J connectivity index is 1.88. The summed E-state index contributed by atoms with van der Waals surface area (Å²) in [6.07, 6.45) is 0. The number of hydrogen-bond donors (Lipinski definition) is 1. The number of imide groups is 1. The van der Waals surface area contributed by atoms with Gasteiger partial charge in [0.2, 0.25) is 0 Å². The van der Waals surface area contributed by atoms with Gasteiger partial charge in [-0.15, -0.1) is 0 Å². The Morgan fingerprint density at radius 2 is 1.69 bits per heavy atom. The smallest absolute Gasteiger partial charge is 0.282 e. The van der Waals surface area contributed by atoms with Crippen molar-refractivity contribution in [2.45, 2.75) is 13.8 Å². The molecule has 0 atom stereocenters. The van der Waals surface area contributed by atoms with E-state index in [2.05, 4.69) is 5.32 Å². The molecule has 0 aliphatic carbocycles. The lowest BCUT2D eigenvalue weighted by Gasteiger charge is -2.18. The SMILES string of the molecule is COc1ccc(C)cc1NC1=C(c2ccc(F)cc2)C(=O)N(c2cccc(Cl)c2C)C1=O. The highest BCUT2D eigenvalue weighted by Gasteiger charge is 2.41. The molecule has 1 aliphatic heterocycles. The van der Waals surface area contributed by atoms with Gasteiger partial charge >= 0.3 is 0 Å². The van der Waals surface area contributed by atoms with E-state index in [9.17, 15) is 14.0 Å². The molecule has 0 fully saturated rings. The molecule has 1 heterocycles. The second-order valence-corrected chi connectivity index (χ2v) is 7.82. The van der Waals surface area contributed by atoms with Crippen molar-refractivity contribution >= 4 is 40.4 Å². The van der Waals surface area contributed by atoms with E-state index in [1.54, 1.807) is 31.2 Å². The van der Waals surface area contributed by atoms with E-state index in [0.29, 0.717) is 33.3 Å². The number of halogens is 2. The largest absolute Gasteiger partial charge is 0.495 e. The molecule has 0 saturated carbocycles. The van der Waals surface area contributed by atoms with Gasteiger partial charge in [0.15, 0.2) is 0 Å². The summed E-state index contributed by atoms with van der Waals surface area (Å²) in [6, 6.07) is 15.9. The zero-order valence-electron chi connectivity index (χ0n) is 17.7. The van der Waals surface area contributed by atoms with E-state index in [1.165, 1.54) is 31.4 Å². The third-order valence-corrected chi connectivity index (χ3v) is 5.72. The molecule has 1 N–H and O–H groups in total. The lowest BCUT2D eigenvalue weighted by molar-refractivity contribution is -0.120. The van der Waals surface area contributed by atoms with Crippen LogP contribution in [0.4, 0.5) is 15.8 Å². The lowest BCUT2D eigenvalue weighted by Crippen LogP contribution is -2.33. The van der Waals surface area contributed by atoms with E-state index in [4.69, 9.17) is 16.3 Å². The second-order valence-electron chi connectivity index (χ2n) is 7.42. The Hall–Kier alpha value is -3.64. The molecule has 0 radical (unpaired) electrons. The topological polar surface area (TPSA) is 58.6 Å². The third-order valence-electron chi connectivity index (χ3n) is 5.31. The van der Waals surface area contributed by atoms with Gasteiger partial charge in [0.25, 0.3) is 11.8 Å². The van der Waals surface area contributed by atoms with Crippen LogP contribution in [0.3, 0.4) is 0 Å². The molecule has 3 aromatic rings. The number of rotatable bonds is 5. The summed E-state index contributed by atoms with van der Waals surface area (Å²) in [5, 5.41) is 3.53. The summed E-state index contributed by atoms with van der Waals surface area (Å²) in [7, 11) is 1.52. The van der Waals surface area contributed by atoms with Gasteiger partial charge in [-0.05, 0) is 66.9 Å². The second kappa shape index (κ2) is 8.48. The minimum atomic E-state index is -0.539. The highest BCUT2D eigenvalue weighted by Crippen LogP contribution is 2.38. The number of hydrogen-bond acceptors (Lipinski definition) is 4. The fraction of sp³-hybridized carbons (Fsp3) is 0.120. The molecule has 0 saturated heterocycles. The van der Waals surface area contributed by atoms with Crippen molar-refractivity contribution in [3.05, 3.63) is 93.9 Å². The van der Waals surface area contributed by atoms with Gasteiger partial charge in [0, 0.05) is 5.02 Å². The molecule has 0 bridgehead atoms. The van der Waals surface area contributed by atoms with Crippen molar-refractivity contribution in [1.29, 1.82) is 0 Å². The van der Waals surface area contributed by atoms with Crippen LogP contribution in [0, 0.1) is 19.7 Å². The maximum Gasteiger partial charge on any atom is 0.282 e. The van der Waals surface area contributed by atoms with Crippen LogP contribution in [0.15, 0.2) is 66.4 Å². The Kier molecular flexibility index (Phi) is 5.72. The average molecular weight is 451 g/mol. The van der Waals surface area contributed by atoms with Crippen LogP contribution in [-0.2, 0) is 9.59 Å². The molecule has 0 unspecified atom stereocenters. The minimum absolute atomic E-state index is 0.0740. The van der Waals surface area contributed by atoms with Gasteiger partial charge in [0.1, 0.15) is 17.3 Å². The van der Waals surface area contributed by atoms with E-state index >= 15 is 0 Å². The van der Waals surface area contributed by atoms with Crippen LogP contribution in [0.25, 0.3) is 5.57 Å². The predicted molar refractivity (Wildman–Crippen MR) is 123 cm³/mol. The number of carbonyl (C=O) groups is 2. The zero-order chi connectivity index (χ0) is 23.0. The molecule has 5 nitrogen and oxygen atoms in total. The number of ether oxygens (including phenoxy) is 1. The zero-order valence-corrected chi connectivity index (χ0v) is 18.5. The summed E-state index contributed by atoms with van der Waals surface area (Å²) in [4.78, 5) is 28.2. The molecular weight excluding hydrogens is 431 g/mol. The number of benzene rings is 3. The van der Waals surface area contributed by atoms with Gasteiger partial charge in [-0.25, -0.2) is 9.29 Å². The third kappa shape index (κ3) is 3.74. The molecule has 0 spiro atoms. The monoisotopic (exact) mass is 450 g/mol. The molecule has 32 heavy (non-hydrogen) atoms. The minimum Gasteiger partial charge on any atom is -0.495 e. The van der Waals surface area contributed by atoms with Crippen molar-refractivity contribution in [1.82, 2.24) is 0 Å². The van der Waals surface area contributed by atoms with Gasteiger partial charge in [0.05, 0.1) is 24.1 Å². The Morgan fingerprint density at radius 1 is 0.969 bits per heavy atom. The fourth-order valence-corrected chi connectivity index (χ4v) is 3.81. The van der Waals surface area contributed by atoms with Crippen LogP contribution in [0.1, 0.15) is 16.7 Å². The van der Waals surface area contributed by atoms with E-state index in [0.717, 1.165) is 10.5 Å². The maximum atomic E-state index is 13.5. The molecular formula is C25H20ClFN2O3. The maximum absolute atomic E-state index is 13.5. The van der Waals surface area contributed by atoms with Crippen molar-refractivity contribution in [3.63, 3.8) is 0 Å². The number of nitrogens with one attached hydrogen (secondary N) is 1. The fourth-order valence-electron chi connectivity index (χ4n) is 3.64. The van der Waals surface area contributed by atoms with E-state index in [-0.39, 0.29) is 11.3 Å². The van der Waals surface area contributed by atoms with Crippen LogP contribution in [-0.4, -0.2) is 18.9 Å². The number of nitrogens with zero attached hydrogens (tertiary/aromatic N) is 1. The van der Waals surface area contributed by atoms with E-state index < -0.39 is 17.6 Å². The number of aryl methyl sites for hydroxylation is 1. The summed E-state index contributed by atoms with van der Waals surface area (Å²) in [5.41, 5.74) is 3.09. The Bertz CT molecular complexity index is 1270. The standard InChI is InChI=1S/C25H20ClFN2O3/c1-14-7-12-21(32-3)19(13-14)28-23-22(16-8-10-17(27)11-9-16)24(30)29(25(23)31)20-6-4-5-18(26)15(20)2/h4-13,28H,1-3H3. The first-order valence-electron chi connectivity index (χ1n) is 9.87. The average Bonchev–Trinajstić information content (AvgIpc) is 3.01. The summed E-state index contributed by atoms with van der Waals surface area (Å²) in [5.74, 6) is -0.993. The predicted octanol–water partition coefficient (Wildman–Crippen LogP) is 5.50. The van der Waals surface area contributed by atoms with Gasteiger partial charge in [-0.3, -0.25) is 9.59 Å². The molecule has 4 rings (SSSR count). The van der Waals surface area contributed by atoms with Crippen LogP contribution < -0.4 is 15.0 Å². The molecule has 7 heteroatoms. The number of amides is 2. The normalized spacial score (nSPS) is 13.7. The number of carbonyl (C=O) groups excluding carboxylic acids is 2. The molecule has 162 valence electrons. The van der Waals surface area contributed by atoms with Gasteiger partial charge in [-0.2, -0.15) is 0 Å². The first-order chi connectivity index (χ1) is 15.3. The van der Waals surface area contributed by atoms with Gasteiger partial charge < -0.3 is 10.1 Å². The summed E-state index contributed by atoms with van der Waals surface area (Å²) in [6.45, 7) is 3.65. The van der Waals surface area contributed by atoms with Crippen molar-refractivity contribution in [2.75, 3.05) is 17.3 Å². The van der Waals surface area contributed by atoms with Crippen LogP contribution in [0.5, 0.6) is 5.75 Å². The molecule has 2 amide bonds. The summed E-state index contributed by atoms with van der Waals surface area (Å²) < 4.78 is 19.0. The van der Waals surface area contributed by atoms with Gasteiger partial charge in [-0.1, -0.05) is 35.9 Å². The quantitative estimate of drug-likeness (QED) is 0.521. The highest BCUT2D eigenvalue weighted by atomic mass is 35.5. The van der Waals surface area contributed by atoms with Crippen molar-refractivity contribution < 1.29 is 18.7 Å². The first-order valence-corrected chi connectivity index (χ1v) is 10.3. The number of anilines is 2. The van der Waals surface area contributed by atoms with Crippen molar-refractivity contribution in [2.24, 2.45) is 0 Å². The highest BCUT2D eigenvalue weighted by molar-refractivity contribution is 6.46. The molecule has 3 aromatic carbocycles. The van der Waals surface area contributed by atoms with E-state index in [1.807, 2.05) is 19.1 Å². The van der Waals surface area contributed by atoms with Crippen LogP contribution in [0.2, 0.25) is 5.02 Å². The number of methoxy groups -OCH3 is 1. The Morgan fingerprint density at radius 3 is 2.38 bits per heavy atom. The summed E-state index contributed by atoms with van der Waals surface area (Å²) >= 11 is 6.24. The van der Waals surface area contributed by atoms with Crippen molar-refractivity contribution in [3.8, 4) is 5.75 Å². The Labute approximate surface area is 190 Å². The molecule has 0 aromatic heterocycles. The van der Waals surface area contributed by atoms with Crippen LogP contribution >= 0.6 is 11.6 Å². The lowest BCUT2D eigenvalue weighted by atomic mass is 10.0.